The summed E-state index contributed by atoms with van der Waals surface area (Å²) in [6.45, 7) is 0.814. The Labute approximate surface area is 122 Å². The van der Waals surface area contributed by atoms with Crippen LogP contribution in [-0.4, -0.2) is 36.9 Å². The number of carboxylic acid groups (broad SMARTS) is 1. The number of carbonyl (C=O) groups is 1. The molecule has 1 aliphatic heterocycles. The molecular weight excluding hydrogens is 304 g/mol. The fourth-order valence-electron chi connectivity index (χ4n) is 2.11. The molecule has 0 radical (unpaired) electrons. The highest BCUT2D eigenvalue weighted by molar-refractivity contribution is 7.87. The molecule has 1 heterocycles. The van der Waals surface area contributed by atoms with Crippen molar-refractivity contribution in [3.63, 3.8) is 0 Å². The molecule has 2 rings (SSSR count). The summed E-state index contributed by atoms with van der Waals surface area (Å²) in [6.07, 6.45) is 1.56. The van der Waals surface area contributed by atoms with E-state index in [9.17, 15) is 18.3 Å². The zero-order valence-electron chi connectivity index (χ0n) is 10.6. The lowest BCUT2D eigenvalue weighted by atomic mass is 10.1. The van der Waals surface area contributed by atoms with Crippen molar-refractivity contribution in [1.29, 1.82) is 0 Å². The summed E-state index contributed by atoms with van der Waals surface area (Å²) < 4.78 is 27.7. The molecule has 0 aromatic heterocycles. The number of hydrogen-bond acceptors (Lipinski definition) is 3. The molecule has 0 aliphatic carbocycles. The highest BCUT2D eigenvalue weighted by atomic mass is 35.5. The van der Waals surface area contributed by atoms with Crippen LogP contribution in [0.2, 0.25) is 5.02 Å². The van der Waals surface area contributed by atoms with Gasteiger partial charge in [-0.15, -0.1) is 0 Å². The van der Waals surface area contributed by atoms with Crippen LogP contribution in [0.5, 0.6) is 0 Å². The Morgan fingerprint density at radius 2 is 1.90 bits per heavy atom. The van der Waals surface area contributed by atoms with Crippen LogP contribution in [0.1, 0.15) is 24.4 Å². The molecule has 0 unspecified atom stereocenters. The lowest BCUT2D eigenvalue weighted by molar-refractivity contribution is -0.139. The molecule has 1 aliphatic rings. The van der Waals surface area contributed by atoms with Gasteiger partial charge in [-0.1, -0.05) is 29.8 Å². The molecule has 6 nitrogen and oxygen atoms in total. The SMILES string of the molecule is O=C(O)[C@H](NS(=O)(=O)N1CCCC1)c1ccccc1Cl. The minimum absolute atomic E-state index is 0.212. The van der Waals surface area contributed by atoms with Gasteiger partial charge in [0, 0.05) is 18.1 Å². The predicted octanol–water partition coefficient (Wildman–Crippen LogP) is 1.40. The molecule has 20 heavy (non-hydrogen) atoms. The number of carboxylic acids is 1. The van der Waals surface area contributed by atoms with Crippen LogP contribution >= 0.6 is 11.6 Å². The van der Waals surface area contributed by atoms with Gasteiger partial charge in [0.1, 0.15) is 6.04 Å². The summed E-state index contributed by atoms with van der Waals surface area (Å²) in [5.41, 5.74) is 0.226. The number of halogens is 1. The van der Waals surface area contributed by atoms with Gasteiger partial charge in [0.15, 0.2) is 0 Å². The number of nitrogens with one attached hydrogen (secondary N) is 1. The minimum Gasteiger partial charge on any atom is -0.480 e. The van der Waals surface area contributed by atoms with Crippen molar-refractivity contribution < 1.29 is 18.3 Å². The molecule has 1 saturated heterocycles. The zero-order chi connectivity index (χ0) is 14.8. The van der Waals surface area contributed by atoms with Gasteiger partial charge in [0.2, 0.25) is 0 Å². The van der Waals surface area contributed by atoms with Crippen LogP contribution < -0.4 is 4.72 Å². The first kappa shape index (κ1) is 15.2. The van der Waals surface area contributed by atoms with E-state index in [1.165, 1.54) is 16.4 Å². The van der Waals surface area contributed by atoms with E-state index in [0.717, 1.165) is 12.8 Å². The van der Waals surface area contributed by atoms with Gasteiger partial charge in [0.05, 0.1) is 0 Å². The average molecular weight is 319 g/mol. The summed E-state index contributed by atoms with van der Waals surface area (Å²) in [6, 6.07) is 4.89. The third-order valence-electron chi connectivity index (χ3n) is 3.13. The van der Waals surface area contributed by atoms with Crippen molar-refractivity contribution in [2.45, 2.75) is 18.9 Å². The van der Waals surface area contributed by atoms with E-state index in [4.69, 9.17) is 11.6 Å². The van der Waals surface area contributed by atoms with Gasteiger partial charge >= 0.3 is 5.97 Å². The van der Waals surface area contributed by atoms with Gasteiger partial charge in [0.25, 0.3) is 10.2 Å². The van der Waals surface area contributed by atoms with Gasteiger partial charge in [-0.05, 0) is 24.5 Å². The Morgan fingerprint density at radius 3 is 2.45 bits per heavy atom. The maximum Gasteiger partial charge on any atom is 0.326 e. The Bertz CT molecular complexity index is 599. The number of aliphatic carboxylic acids is 1. The molecule has 2 N–H and O–H groups in total. The summed E-state index contributed by atoms with van der Waals surface area (Å²) in [4.78, 5) is 11.3. The topological polar surface area (TPSA) is 86.7 Å². The van der Waals surface area contributed by atoms with Crippen molar-refractivity contribution in [2.24, 2.45) is 0 Å². The van der Waals surface area contributed by atoms with Crippen LogP contribution in [0.4, 0.5) is 0 Å². The highest BCUT2D eigenvalue weighted by Gasteiger charge is 2.32. The lowest BCUT2D eigenvalue weighted by Gasteiger charge is -2.21. The van der Waals surface area contributed by atoms with Crippen molar-refractivity contribution in [3.8, 4) is 0 Å². The molecule has 0 amide bonds. The first-order valence-corrected chi connectivity index (χ1v) is 7.98. The molecule has 0 saturated carbocycles. The molecule has 1 aromatic rings. The van der Waals surface area contributed by atoms with E-state index >= 15 is 0 Å². The molecule has 0 spiro atoms. The number of hydrogen-bond donors (Lipinski definition) is 2. The molecule has 1 fully saturated rings. The van der Waals surface area contributed by atoms with E-state index in [-0.39, 0.29) is 10.6 Å². The van der Waals surface area contributed by atoms with E-state index in [1.54, 1.807) is 12.1 Å². The Hall–Kier alpha value is -1.15. The van der Waals surface area contributed by atoms with Gasteiger partial charge in [-0.2, -0.15) is 17.4 Å². The second-order valence-corrected chi connectivity index (χ2v) is 6.63. The fraction of sp³-hybridized carbons (Fsp3) is 0.417. The van der Waals surface area contributed by atoms with Gasteiger partial charge in [-0.3, -0.25) is 4.79 Å². The predicted molar refractivity (Wildman–Crippen MR) is 74.7 cm³/mol. The molecule has 8 heteroatoms. The van der Waals surface area contributed by atoms with Crippen LogP contribution in [-0.2, 0) is 15.0 Å². The van der Waals surface area contributed by atoms with E-state index in [2.05, 4.69) is 4.72 Å². The highest BCUT2D eigenvalue weighted by Crippen LogP contribution is 2.24. The maximum absolute atomic E-state index is 12.1. The lowest BCUT2D eigenvalue weighted by Crippen LogP contribution is -2.43. The zero-order valence-corrected chi connectivity index (χ0v) is 12.2. The molecule has 1 aromatic carbocycles. The van der Waals surface area contributed by atoms with Crippen LogP contribution in [0.3, 0.4) is 0 Å². The van der Waals surface area contributed by atoms with Crippen molar-refractivity contribution in [2.75, 3.05) is 13.1 Å². The van der Waals surface area contributed by atoms with Crippen molar-refractivity contribution >= 4 is 27.8 Å². The third kappa shape index (κ3) is 3.29. The summed E-state index contributed by atoms with van der Waals surface area (Å²) in [7, 11) is -3.83. The van der Waals surface area contributed by atoms with Crippen LogP contribution in [0, 0.1) is 0 Å². The number of benzene rings is 1. The van der Waals surface area contributed by atoms with E-state index in [1.807, 2.05) is 0 Å². The molecule has 0 bridgehead atoms. The standard InChI is InChI=1S/C12H15ClN2O4S/c13-10-6-2-1-5-9(10)11(12(16)17)14-20(18,19)15-7-3-4-8-15/h1-2,5-6,11,14H,3-4,7-8H2,(H,16,17)/t11-/m1/s1. The second-order valence-electron chi connectivity index (χ2n) is 4.52. The smallest absolute Gasteiger partial charge is 0.326 e. The monoisotopic (exact) mass is 318 g/mol. The average Bonchev–Trinajstić information content (AvgIpc) is 2.91. The van der Waals surface area contributed by atoms with E-state index < -0.39 is 22.2 Å². The first-order chi connectivity index (χ1) is 9.42. The van der Waals surface area contributed by atoms with Crippen LogP contribution in [0.25, 0.3) is 0 Å². The molecule has 110 valence electrons. The van der Waals surface area contributed by atoms with E-state index in [0.29, 0.717) is 13.1 Å². The quantitative estimate of drug-likeness (QED) is 0.859. The third-order valence-corrected chi connectivity index (χ3v) is 5.06. The Morgan fingerprint density at radius 1 is 1.30 bits per heavy atom. The fourth-order valence-corrected chi connectivity index (χ4v) is 3.77. The van der Waals surface area contributed by atoms with Gasteiger partial charge < -0.3 is 5.11 Å². The maximum atomic E-state index is 12.1. The largest absolute Gasteiger partial charge is 0.480 e. The first-order valence-electron chi connectivity index (χ1n) is 6.16. The minimum atomic E-state index is -3.83. The van der Waals surface area contributed by atoms with Crippen molar-refractivity contribution in [1.82, 2.24) is 9.03 Å². The summed E-state index contributed by atoms with van der Waals surface area (Å²) >= 11 is 5.94. The number of nitrogens with zero attached hydrogens (tertiary/aromatic N) is 1. The second kappa shape index (κ2) is 6.09. The summed E-state index contributed by atoms with van der Waals surface area (Å²) in [5, 5.41) is 9.47. The number of rotatable bonds is 5. The Kier molecular flexibility index (Phi) is 4.64. The molecule has 1 atom stereocenters. The van der Waals surface area contributed by atoms with Gasteiger partial charge in [-0.25, -0.2) is 0 Å². The molecular formula is C12H15ClN2O4S. The normalized spacial score (nSPS) is 18.1. The van der Waals surface area contributed by atoms with Crippen molar-refractivity contribution in [3.05, 3.63) is 34.9 Å². The van der Waals surface area contributed by atoms with Crippen LogP contribution in [0.15, 0.2) is 24.3 Å². The summed E-state index contributed by atoms with van der Waals surface area (Å²) in [5.74, 6) is -1.29. The Balaban J connectivity index is 2.27.